The number of para-hydroxylation sites is 2. The van der Waals surface area contributed by atoms with Gasteiger partial charge in [-0.25, -0.2) is 0 Å². The van der Waals surface area contributed by atoms with Crippen molar-refractivity contribution < 1.29 is 4.74 Å². The van der Waals surface area contributed by atoms with Gasteiger partial charge in [-0.15, -0.1) is 0 Å². The normalized spacial score (nSPS) is 22.1. The highest BCUT2D eigenvalue weighted by Gasteiger charge is 2.25. The molecule has 3 rings (SSSR count). The van der Waals surface area contributed by atoms with Gasteiger partial charge in [-0.05, 0) is 25.0 Å². The Kier molecular flexibility index (Phi) is 5.60. The predicted octanol–water partition coefficient (Wildman–Crippen LogP) is 3.93. The second-order valence-electron chi connectivity index (χ2n) is 6.69. The summed E-state index contributed by atoms with van der Waals surface area (Å²) in [7, 11) is 1.77. The number of hydrogen-bond donors (Lipinski definition) is 0. The maximum absolute atomic E-state index is 5.52. The van der Waals surface area contributed by atoms with E-state index < -0.39 is 0 Å². The topological polar surface area (TPSA) is 15.7 Å². The SMILES string of the molecule is COc1ccccc1N1CCN(C2CCCCCCC2)CC1. The number of rotatable bonds is 3. The Morgan fingerprint density at radius 3 is 2.18 bits per heavy atom. The molecule has 0 unspecified atom stereocenters. The third kappa shape index (κ3) is 3.75. The van der Waals surface area contributed by atoms with Crippen molar-refractivity contribution in [3.63, 3.8) is 0 Å². The van der Waals surface area contributed by atoms with Crippen molar-refractivity contribution >= 4 is 5.69 Å². The smallest absolute Gasteiger partial charge is 0.142 e. The summed E-state index contributed by atoms with van der Waals surface area (Å²) in [6.07, 6.45) is 10.0. The molecule has 1 aromatic rings. The third-order valence-corrected chi connectivity index (χ3v) is 5.33. The van der Waals surface area contributed by atoms with Crippen molar-refractivity contribution in [1.82, 2.24) is 4.90 Å². The summed E-state index contributed by atoms with van der Waals surface area (Å²) in [5.41, 5.74) is 1.25. The van der Waals surface area contributed by atoms with Crippen LogP contribution in [0.5, 0.6) is 5.75 Å². The van der Waals surface area contributed by atoms with Gasteiger partial charge >= 0.3 is 0 Å². The first kappa shape index (κ1) is 15.7. The van der Waals surface area contributed by atoms with Gasteiger partial charge in [0.2, 0.25) is 0 Å². The lowest BCUT2D eigenvalue weighted by Gasteiger charge is -2.41. The van der Waals surface area contributed by atoms with Crippen LogP contribution in [0.1, 0.15) is 44.9 Å². The van der Waals surface area contributed by atoms with E-state index in [0.29, 0.717) is 0 Å². The molecule has 1 aliphatic heterocycles. The van der Waals surface area contributed by atoms with Gasteiger partial charge in [0, 0.05) is 32.2 Å². The minimum atomic E-state index is 0.833. The minimum absolute atomic E-state index is 0.833. The highest BCUT2D eigenvalue weighted by Crippen LogP contribution is 2.29. The van der Waals surface area contributed by atoms with Crippen LogP contribution in [0.25, 0.3) is 0 Å². The molecule has 0 atom stereocenters. The molecule has 0 bridgehead atoms. The highest BCUT2D eigenvalue weighted by molar-refractivity contribution is 5.58. The van der Waals surface area contributed by atoms with Crippen LogP contribution in [-0.2, 0) is 0 Å². The first-order valence-corrected chi connectivity index (χ1v) is 9.00. The summed E-state index contributed by atoms with van der Waals surface area (Å²) >= 11 is 0. The first-order chi connectivity index (χ1) is 10.9. The molecule has 1 aliphatic carbocycles. The number of nitrogens with zero attached hydrogens (tertiary/aromatic N) is 2. The molecule has 0 radical (unpaired) electrons. The first-order valence-electron chi connectivity index (χ1n) is 9.00. The van der Waals surface area contributed by atoms with Crippen LogP contribution in [-0.4, -0.2) is 44.2 Å². The maximum Gasteiger partial charge on any atom is 0.142 e. The molecule has 2 aliphatic rings. The average molecular weight is 302 g/mol. The monoisotopic (exact) mass is 302 g/mol. The van der Waals surface area contributed by atoms with Gasteiger partial charge in [0.15, 0.2) is 0 Å². The van der Waals surface area contributed by atoms with E-state index in [0.717, 1.165) is 24.9 Å². The largest absolute Gasteiger partial charge is 0.495 e. The molecule has 3 nitrogen and oxygen atoms in total. The number of benzene rings is 1. The lowest BCUT2D eigenvalue weighted by Crippen LogP contribution is -2.50. The fourth-order valence-corrected chi connectivity index (χ4v) is 4.02. The molecule has 1 aromatic carbocycles. The van der Waals surface area contributed by atoms with E-state index >= 15 is 0 Å². The Bertz CT molecular complexity index is 447. The second-order valence-corrected chi connectivity index (χ2v) is 6.69. The Morgan fingerprint density at radius 1 is 0.864 bits per heavy atom. The second kappa shape index (κ2) is 7.87. The zero-order valence-corrected chi connectivity index (χ0v) is 14.0. The van der Waals surface area contributed by atoms with Crippen molar-refractivity contribution in [3.05, 3.63) is 24.3 Å². The standard InChI is InChI=1S/C19H30N2O/c1-22-19-12-8-7-11-18(19)21-15-13-20(14-16-21)17-9-5-3-2-4-6-10-17/h7-8,11-12,17H,2-6,9-10,13-16H2,1H3. The van der Waals surface area contributed by atoms with Crippen LogP contribution < -0.4 is 9.64 Å². The number of ether oxygens (including phenoxy) is 1. The van der Waals surface area contributed by atoms with Gasteiger partial charge in [0.1, 0.15) is 5.75 Å². The third-order valence-electron chi connectivity index (χ3n) is 5.33. The molecule has 22 heavy (non-hydrogen) atoms. The van der Waals surface area contributed by atoms with Gasteiger partial charge in [0.05, 0.1) is 12.8 Å². The molecule has 1 heterocycles. The van der Waals surface area contributed by atoms with Gasteiger partial charge in [-0.2, -0.15) is 0 Å². The maximum atomic E-state index is 5.52. The molecule has 0 amide bonds. The molecule has 0 spiro atoms. The summed E-state index contributed by atoms with van der Waals surface area (Å²) in [5, 5.41) is 0. The van der Waals surface area contributed by atoms with Crippen LogP contribution in [0, 0.1) is 0 Å². The Hall–Kier alpha value is -1.22. The van der Waals surface area contributed by atoms with Crippen molar-refractivity contribution in [2.75, 3.05) is 38.2 Å². The number of methoxy groups -OCH3 is 1. The molecule has 3 heteroatoms. The van der Waals surface area contributed by atoms with Crippen molar-refractivity contribution in [3.8, 4) is 5.75 Å². The number of piperazine rings is 1. The van der Waals surface area contributed by atoms with E-state index in [9.17, 15) is 0 Å². The zero-order chi connectivity index (χ0) is 15.2. The number of hydrogen-bond acceptors (Lipinski definition) is 3. The quantitative estimate of drug-likeness (QED) is 0.841. The van der Waals surface area contributed by atoms with Crippen LogP contribution in [0.4, 0.5) is 5.69 Å². The van der Waals surface area contributed by atoms with Crippen LogP contribution in [0.15, 0.2) is 24.3 Å². The Balaban J connectivity index is 1.57. The van der Waals surface area contributed by atoms with E-state index in [1.54, 1.807) is 7.11 Å². The van der Waals surface area contributed by atoms with Crippen LogP contribution >= 0.6 is 0 Å². The summed E-state index contributed by atoms with van der Waals surface area (Å²) < 4.78 is 5.52. The fourth-order valence-electron chi connectivity index (χ4n) is 4.02. The molecular formula is C19H30N2O. The van der Waals surface area contributed by atoms with E-state index in [1.807, 2.05) is 6.07 Å². The molecule has 0 aromatic heterocycles. The summed E-state index contributed by atoms with van der Waals surface area (Å²) in [6, 6.07) is 9.24. The lowest BCUT2D eigenvalue weighted by molar-refractivity contribution is 0.156. The Labute approximate surface area is 135 Å². The van der Waals surface area contributed by atoms with E-state index in [2.05, 4.69) is 28.0 Å². The van der Waals surface area contributed by atoms with E-state index in [4.69, 9.17) is 4.74 Å². The summed E-state index contributed by atoms with van der Waals surface area (Å²) in [4.78, 5) is 5.23. The van der Waals surface area contributed by atoms with Crippen LogP contribution in [0.2, 0.25) is 0 Å². The molecule has 1 saturated heterocycles. The predicted molar refractivity (Wildman–Crippen MR) is 92.9 cm³/mol. The van der Waals surface area contributed by atoms with Crippen molar-refractivity contribution in [2.24, 2.45) is 0 Å². The zero-order valence-electron chi connectivity index (χ0n) is 14.0. The highest BCUT2D eigenvalue weighted by atomic mass is 16.5. The van der Waals surface area contributed by atoms with Gasteiger partial charge in [0.25, 0.3) is 0 Å². The van der Waals surface area contributed by atoms with Crippen molar-refractivity contribution in [2.45, 2.75) is 51.0 Å². The van der Waals surface area contributed by atoms with E-state index in [-0.39, 0.29) is 0 Å². The Morgan fingerprint density at radius 2 is 1.50 bits per heavy atom. The van der Waals surface area contributed by atoms with E-state index in [1.165, 1.54) is 63.7 Å². The fraction of sp³-hybridized carbons (Fsp3) is 0.684. The van der Waals surface area contributed by atoms with Gasteiger partial charge < -0.3 is 9.64 Å². The summed E-state index contributed by atoms with van der Waals surface area (Å²) in [6.45, 7) is 4.64. The van der Waals surface area contributed by atoms with Crippen LogP contribution in [0.3, 0.4) is 0 Å². The van der Waals surface area contributed by atoms with Gasteiger partial charge in [-0.1, -0.05) is 44.2 Å². The number of anilines is 1. The molecule has 122 valence electrons. The lowest BCUT2D eigenvalue weighted by atomic mass is 9.95. The van der Waals surface area contributed by atoms with Gasteiger partial charge in [-0.3, -0.25) is 4.90 Å². The molecule has 1 saturated carbocycles. The molecular weight excluding hydrogens is 272 g/mol. The average Bonchev–Trinajstić information content (AvgIpc) is 2.55. The minimum Gasteiger partial charge on any atom is -0.495 e. The molecule has 2 fully saturated rings. The molecule has 0 N–H and O–H groups in total. The van der Waals surface area contributed by atoms with Crippen molar-refractivity contribution in [1.29, 1.82) is 0 Å². The summed E-state index contributed by atoms with van der Waals surface area (Å²) in [5.74, 6) is 1.00.